The standard InChI is InChI=1S/C26H23ClN2O4/c1-2-3-14-31-26(30)13-9-19-8-11-24(23(27)15-19)33-25-12-10-22(17-29-25)32-18-21-6-4-20(16-28)5-7-21/h4-13,15,17H,2-3,14,18H2,1H3/b13-9+. The van der Waals surface area contributed by atoms with Crippen LogP contribution in [0.25, 0.3) is 6.08 Å². The molecule has 0 unspecified atom stereocenters. The Bertz CT molecular complexity index is 1140. The van der Waals surface area contributed by atoms with Crippen LogP contribution in [0.15, 0.2) is 66.9 Å². The Balaban J connectivity index is 1.53. The summed E-state index contributed by atoms with van der Waals surface area (Å²) in [6.45, 7) is 2.81. The molecule has 2 aromatic carbocycles. The molecule has 3 aromatic rings. The third kappa shape index (κ3) is 7.67. The highest BCUT2D eigenvalue weighted by Gasteiger charge is 2.06. The Hall–Kier alpha value is -3.82. The summed E-state index contributed by atoms with van der Waals surface area (Å²) in [5, 5.41) is 9.23. The van der Waals surface area contributed by atoms with E-state index in [4.69, 9.17) is 31.1 Å². The van der Waals surface area contributed by atoms with E-state index >= 15 is 0 Å². The fourth-order valence-electron chi connectivity index (χ4n) is 2.70. The molecular formula is C26H23ClN2O4. The molecule has 1 heterocycles. The molecule has 0 aliphatic heterocycles. The maximum atomic E-state index is 11.7. The first kappa shape index (κ1) is 23.8. The molecule has 0 spiro atoms. The number of hydrogen-bond donors (Lipinski definition) is 0. The van der Waals surface area contributed by atoms with Crippen LogP contribution in [0.4, 0.5) is 0 Å². The van der Waals surface area contributed by atoms with Crippen molar-refractivity contribution in [2.24, 2.45) is 0 Å². The molecule has 6 nitrogen and oxygen atoms in total. The van der Waals surface area contributed by atoms with Crippen LogP contribution in [0.1, 0.15) is 36.5 Å². The predicted octanol–water partition coefficient (Wildman–Crippen LogP) is 6.33. The molecule has 7 heteroatoms. The van der Waals surface area contributed by atoms with Crippen molar-refractivity contribution in [3.8, 4) is 23.4 Å². The van der Waals surface area contributed by atoms with Gasteiger partial charge in [-0.3, -0.25) is 0 Å². The number of rotatable bonds is 10. The summed E-state index contributed by atoms with van der Waals surface area (Å²) in [5.41, 5.74) is 2.30. The number of halogens is 1. The molecule has 3 rings (SSSR count). The summed E-state index contributed by atoms with van der Waals surface area (Å²) >= 11 is 6.32. The van der Waals surface area contributed by atoms with Gasteiger partial charge in [-0.25, -0.2) is 9.78 Å². The van der Waals surface area contributed by atoms with E-state index in [-0.39, 0.29) is 5.97 Å². The van der Waals surface area contributed by atoms with Gasteiger partial charge in [-0.05, 0) is 54.0 Å². The Labute approximate surface area is 198 Å². The average molecular weight is 463 g/mol. The lowest BCUT2D eigenvalue weighted by atomic mass is 10.2. The zero-order valence-electron chi connectivity index (χ0n) is 18.2. The van der Waals surface area contributed by atoms with Gasteiger partial charge in [0.1, 0.15) is 18.1 Å². The van der Waals surface area contributed by atoms with Gasteiger partial charge in [0.2, 0.25) is 5.88 Å². The van der Waals surface area contributed by atoms with Crippen molar-refractivity contribution in [2.45, 2.75) is 26.4 Å². The molecule has 0 bridgehead atoms. The van der Waals surface area contributed by atoms with Gasteiger partial charge in [-0.1, -0.05) is 43.1 Å². The first-order valence-electron chi connectivity index (χ1n) is 10.5. The lowest BCUT2D eigenvalue weighted by molar-refractivity contribution is -0.137. The molecule has 168 valence electrons. The number of carbonyl (C=O) groups is 1. The molecule has 0 saturated carbocycles. The van der Waals surface area contributed by atoms with Crippen molar-refractivity contribution in [1.82, 2.24) is 4.98 Å². The minimum atomic E-state index is -0.384. The smallest absolute Gasteiger partial charge is 0.330 e. The fraction of sp³-hybridized carbons (Fsp3) is 0.192. The molecule has 0 aliphatic carbocycles. The summed E-state index contributed by atoms with van der Waals surface area (Å²) in [6, 6.07) is 17.9. The number of ether oxygens (including phenoxy) is 3. The largest absolute Gasteiger partial charge is 0.487 e. The van der Waals surface area contributed by atoms with E-state index in [0.29, 0.717) is 41.2 Å². The van der Waals surface area contributed by atoms with Gasteiger partial charge in [0.15, 0.2) is 0 Å². The first-order chi connectivity index (χ1) is 16.1. The van der Waals surface area contributed by atoms with Crippen molar-refractivity contribution in [1.29, 1.82) is 5.26 Å². The Morgan fingerprint density at radius 2 is 1.97 bits per heavy atom. The van der Waals surface area contributed by atoms with Gasteiger partial charge < -0.3 is 14.2 Å². The van der Waals surface area contributed by atoms with E-state index < -0.39 is 0 Å². The summed E-state index contributed by atoms with van der Waals surface area (Å²) < 4.78 is 16.6. The zero-order chi connectivity index (χ0) is 23.5. The number of esters is 1. The van der Waals surface area contributed by atoms with Gasteiger partial charge in [0, 0.05) is 12.1 Å². The van der Waals surface area contributed by atoms with E-state index in [1.54, 1.807) is 54.7 Å². The van der Waals surface area contributed by atoms with Crippen molar-refractivity contribution >= 4 is 23.6 Å². The quantitative estimate of drug-likeness (QED) is 0.199. The van der Waals surface area contributed by atoms with Crippen LogP contribution in [0, 0.1) is 11.3 Å². The Morgan fingerprint density at radius 1 is 1.15 bits per heavy atom. The normalized spacial score (nSPS) is 10.6. The van der Waals surface area contributed by atoms with E-state index in [9.17, 15) is 4.79 Å². The van der Waals surface area contributed by atoms with E-state index in [1.807, 2.05) is 19.1 Å². The number of unbranched alkanes of at least 4 members (excludes halogenated alkanes) is 1. The van der Waals surface area contributed by atoms with E-state index in [1.165, 1.54) is 6.08 Å². The highest BCUT2D eigenvalue weighted by atomic mass is 35.5. The Kier molecular flexibility index (Phi) is 8.87. The topological polar surface area (TPSA) is 81.4 Å². The predicted molar refractivity (Wildman–Crippen MR) is 126 cm³/mol. The lowest BCUT2D eigenvalue weighted by Gasteiger charge is -2.09. The van der Waals surface area contributed by atoms with Crippen molar-refractivity contribution in [3.63, 3.8) is 0 Å². The molecule has 0 fully saturated rings. The molecular weight excluding hydrogens is 440 g/mol. The summed E-state index contributed by atoms with van der Waals surface area (Å²) in [5.74, 6) is 1.01. The molecule has 33 heavy (non-hydrogen) atoms. The number of nitriles is 1. The number of hydrogen-bond acceptors (Lipinski definition) is 6. The molecule has 1 aromatic heterocycles. The lowest BCUT2D eigenvalue weighted by Crippen LogP contribution is -2.01. The summed E-state index contributed by atoms with van der Waals surface area (Å²) in [4.78, 5) is 15.9. The van der Waals surface area contributed by atoms with Crippen molar-refractivity contribution in [2.75, 3.05) is 6.61 Å². The van der Waals surface area contributed by atoms with Crippen LogP contribution in [-0.2, 0) is 16.1 Å². The Morgan fingerprint density at radius 3 is 2.64 bits per heavy atom. The fourth-order valence-corrected chi connectivity index (χ4v) is 2.93. The number of carbonyl (C=O) groups excluding carboxylic acids is 1. The number of benzene rings is 2. The minimum Gasteiger partial charge on any atom is -0.487 e. The van der Waals surface area contributed by atoms with Crippen LogP contribution in [0.2, 0.25) is 5.02 Å². The SMILES string of the molecule is CCCCOC(=O)/C=C/c1ccc(Oc2ccc(OCc3ccc(C#N)cc3)cn2)c(Cl)c1. The highest BCUT2D eigenvalue weighted by Crippen LogP contribution is 2.30. The number of pyridine rings is 1. The van der Waals surface area contributed by atoms with Gasteiger partial charge in [0.25, 0.3) is 0 Å². The van der Waals surface area contributed by atoms with Crippen LogP contribution < -0.4 is 9.47 Å². The zero-order valence-corrected chi connectivity index (χ0v) is 18.9. The van der Waals surface area contributed by atoms with Gasteiger partial charge in [0.05, 0.1) is 29.5 Å². The van der Waals surface area contributed by atoms with Gasteiger partial charge >= 0.3 is 5.97 Å². The molecule has 0 aliphatic rings. The van der Waals surface area contributed by atoms with Crippen LogP contribution >= 0.6 is 11.6 Å². The summed E-state index contributed by atoms with van der Waals surface area (Å²) in [6.07, 6.45) is 6.39. The number of nitrogens with zero attached hydrogens (tertiary/aromatic N) is 2. The molecule has 0 amide bonds. The maximum Gasteiger partial charge on any atom is 0.330 e. The molecule has 0 atom stereocenters. The van der Waals surface area contributed by atoms with E-state index in [2.05, 4.69) is 11.1 Å². The molecule has 0 radical (unpaired) electrons. The monoisotopic (exact) mass is 462 g/mol. The second-order valence-electron chi connectivity index (χ2n) is 7.08. The van der Waals surface area contributed by atoms with Crippen molar-refractivity contribution in [3.05, 3.63) is 88.6 Å². The average Bonchev–Trinajstić information content (AvgIpc) is 2.84. The maximum absolute atomic E-state index is 11.7. The second kappa shape index (κ2) is 12.3. The van der Waals surface area contributed by atoms with Crippen LogP contribution in [0.5, 0.6) is 17.4 Å². The number of aromatic nitrogens is 1. The molecule has 0 N–H and O–H groups in total. The summed E-state index contributed by atoms with van der Waals surface area (Å²) in [7, 11) is 0. The third-order valence-electron chi connectivity index (χ3n) is 4.52. The minimum absolute atomic E-state index is 0.362. The molecule has 0 saturated heterocycles. The van der Waals surface area contributed by atoms with Crippen molar-refractivity contribution < 1.29 is 19.0 Å². The van der Waals surface area contributed by atoms with E-state index in [0.717, 1.165) is 24.0 Å². The van der Waals surface area contributed by atoms with Gasteiger partial charge in [-0.2, -0.15) is 5.26 Å². The first-order valence-corrected chi connectivity index (χ1v) is 10.9. The van der Waals surface area contributed by atoms with Gasteiger partial charge in [-0.15, -0.1) is 0 Å². The highest BCUT2D eigenvalue weighted by molar-refractivity contribution is 6.32. The van der Waals surface area contributed by atoms with Crippen LogP contribution in [0.3, 0.4) is 0 Å². The second-order valence-corrected chi connectivity index (χ2v) is 7.48. The third-order valence-corrected chi connectivity index (χ3v) is 4.82. The van der Waals surface area contributed by atoms with Crippen LogP contribution in [-0.4, -0.2) is 17.6 Å².